The Kier molecular flexibility index (Phi) is 8.87. The summed E-state index contributed by atoms with van der Waals surface area (Å²) in [6.45, 7) is 3.78. The summed E-state index contributed by atoms with van der Waals surface area (Å²) in [6.07, 6.45) is 2.11. The molecule has 0 saturated carbocycles. The Hall–Kier alpha value is -4.82. The minimum Gasteiger partial charge on any atom is -0.492 e. The summed E-state index contributed by atoms with van der Waals surface area (Å²) in [5.74, 6) is -2.48. The summed E-state index contributed by atoms with van der Waals surface area (Å²) in [4.78, 5) is 28.8. The van der Waals surface area contributed by atoms with E-state index in [9.17, 15) is 32.8 Å². The van der Waals surface area contributed by atoms with Crippen LogP contribution in [0.4, 0.5) is 4.39 Å². The quantitative estimate of drug-likeness (QED) is 0.267. The van der Waals surface area contributed by atoms with E-state index in [-0.39, 0.29) is 21.8 Å². The van der Waals surface area contributed by atoms with Crippen molar-refractivity contribution in [2.45, 2.75) is 55.4 Å². The van der Waals surface area contributed by atoms with Crippen molar-refractivity contribution in [2.24, 2.45) is 5.73 Å². The number of rotatable bonds is 10. The van der Waals surface area contributed by atoms with Crippen LogP contribution in [-0.4, -0.2) is 29.0 Å². The number of primary amides is 1. The van der Waals surface area contributed by atoms with Gasteiger partial charge in [0.15, 0.2) is 4.90 Å². The van der Waals surface area contributed by atoms with Gasteiger partial charge in [0.1, 0.15) is 11.6 Å². The molecule has 3 aromatic carbocycles. The highest BCUT2D eigenvalue weighted by Crippen LogP contribution is 2.31. The van der Waals surface area contributed by atoms with Gasteiger partial charge in [0.25, 0.3) is 11.5 Å². The van der Waals surface area contributed by atoms with Crippen LogP contribution >= 0.6 is 0 Å². The fourth-order valence-electron chi connectivity index (χ4n) is 4.95. The number of carbonyl (C=O) groups excluding carboxylic acids is 1. The number of halogens is 1. The zero-order valence-electron chi connectivity index (χ0n) is 23.0. The van der Waals surface area contributed by atoms with E-state index in [2.05, 4.69) is 11.1 Å². The lowest BCUT2D eigenvalue weighted by atomic mass is 9.99. The Morgan fingerprint density at radius 3 is 2.43 bits per heavy atom. The van der Waals surface area contributed by atoms with Crippen LogP contribution in [0.15, 0.2) is 81.3 Å². The van der Waals surface area contributed by atoms with Crippen LogP contribution in [0.25, 0.3) is 11.1 Å². The summed E-state index contributed by atoms with van der Waals surface area (Å²) < 4.78 is 43.2. The van der Waals surface area contributed by atoms with E-state index in [4.69, 9.17) is 5.73 Å². The SMILES string of the molecule is CCCCc1nc(O)c(S(=O)(=O)c2ccc(-c3cccc(F)c3C(N)=O)cc2)c(=O)n1C(CC)c1cccc(C#N)c1. The van der Waals surface area contributed by atoms with Gasteiger partial charge < -0.3 is 10.8 Å². The van der Waals surface area contributed by atoms with Crippen molar-refractivity contribution in [1.29, 1.82) is 5.26 Å². The first-order chi connectivity index (χ1) is 20.0. The second-order valence-electron chi connectivity index (χ2n) is 9.68. The molecule has 0 aliphatic heterocycles. The Labute approximate surface area is 242 Å². The molecule has 4 rings (SSSR count). The van der Waals surface area contributed by atoms with Crippen LogP contribution in [0.5, 0.6) is 5.88 Å². The number of nitrogens with two attached hydrogens (primary N) is 1. The average molecular weight is 589 g/mol. The number of sulfone groups is 1. The minimum absolute atomic E-state index is 0.170. The number of unbranched alkanes of at least 4 members (excludes halogenated alkanes) is 1. The highest BCUT2D eigenvalue weighted by atomic mass is 32.2. The monoisotopic (exact) mass is 588 g/mol. The zero-order valence-corrected chi connectivity index (χ0v) is 23.9. The van der Waals surface area contributed by atoms with Crippen LogP contribution in [0.1, 0.15) is 66.5 Å². The lowest BCUT2D eigenvalue weighted by molar-refractivity contribution is 0.0997. The second kappa shape index (κ2) is 12.4. The van der Waals surface area contributed by atoms with E-state index in [1.54, 1.807) is 24.3 Å². The summed E-state index contributed by atoms with van der Waals surface area (Å²) in [5.41, 5.74) is 5.56. The Balaban J connectivity index is 1.88. The smallest absolute Gasteiger partial charge is 0.277 e. The molecule has 0 fully saturated rings. The molecular formula is C31H29FN4O5S. The third-order valence-electron chi connectivity index (χ3n) is 6.99. The molecule has 11 heteroatoms. The number of nitrogens with zero attached hydrogens (tertiary/aromatic N) is 3. The Bertz CT molecular complexity index is 1860. The predicted molar refractivity (Wildman–Crippen MR) is 154 cm³/mol. The van der Waals surface area contributed by atoms with Crippen LogP contribution < -0.4 is 11.3 Å². The topological polar surface area (TPSA) is 156 Å². The van der Waals surface area contributed by atoms with E-state index in [1.807, 2.05) is 13.8 Å². The third kappa shape index (κ3) is 5.66. The van der Waals surface area contributed by atoms with Gasteiger partial charge in [-0.15, -0.1) is 0 Å². The van der Waals surface area contributed by atoms with Crippen LogP contribution in [0.2, 0.25) is 0 Å². The van der Waals surface area contributed by atoms with Crippen molar-refractivity contribution in [3.63, 3.8) is 0 Å². The van der Waals surface area contributed by atoms with Crippen LogP contribution in [0, 0.1) is 17.1 Å². The summed E-state index contributed by atoms with van der Waals surface area (Å²) in [7, 11) is -4.59. The molecule has 4 aromatic rings. The molecule has 0 aliphatic rings. The summed E-state index contributed by atoms with van der Waals surface area (Å²) in [5, 5.41) is 20.2. The van der Waals surface area contributed by atoms with Crippen molar-refractivity contribution in [1.82, 2.24) is 9.55 Å². The fourth-order valence-corrected chi connectivity index (χ4v) is 6.29. The van der Waals surface area contributed by atoms with Gasteiger partial charge in [-0.25, -0.2) is 12.8 Å². The summed E-state index contributed by atoms with van der Waals surface area (Å²) in [6, 6.07) is 17.2. The number of hydrogen-bond acceptors (Lipinski definition) is 7. The maximum Gasteiger partial charge on any atom is 0.277 e. The second-order valence-corrected chi connectivity index (χ2v) is 11.6. The van der Waals surface area contributed by atoms with E-state index in [1.165, 1.54) is 41.0 Å². The molecule has 9 nitrogen and oxygen atoms in total. The number of aromatic hydroxyl groups is 1. The molecule has 42 heavy (non-hydrogen) atoms. The Morgan fingerprint density at radius 2 is 1.81 bits per heavy atom. The normalized spacial score (nSPS) is 12.0. The molecule has 0 aliphatic carbocycles. The molecule has 216 valence electrons. The minimum atomic E-state index is -4.59. The van der Waals surface area contributed by atoms with Crippen molar-refractivity contribution in [2.75, 3.05) is 0 Å². The van der Waals surface area contributed by atoms with Gasteiger partial charge >= 0.3 is 0 Å². The van der Waals surface area contributed by atoms with Gasteiger partial charge in [0, 0.05) is 6.42 Å². The predicted octanol–water partition coefficient (Wildman–Crippen LogP) is 4.90. The van der Waals surface area contributed by atoms with Crippen LogP contribution in [0.3, 0.4) is 0 Å². The number of benzene rings is 3. The lowest BCUT2D eigenvalue weighted by Gasteiger charge is -2.23. The van der Waals surface area contributed by atoms with Gasteiger partial charge in [-0.2, -0.15) is 10.2 Å². The molecule has 0 saturated heterocycles. The molecule has 1 amide bonds. The molecule has 3 N–H and O–H groups in total. The largest absolute Gasteiger partial charge is 0.492 e. The van der Waals surface area contributed by atoms with Crippen LogP contribution in [-0.2, 0) is 16.3 Å². The number of carbonyl (C=O) groups is 1. The molecule has 1 atom stereocenters. The molecule has 0 spiro atoms. The number of aryl methyl sites for hydroxylation is 1. The highest BCUT2D eigenvalue weighted by Gasteiger charge is 2.31. The lowest BCUT2D eigenvalue weighted by Crippen LogP contribution is -2.33. The average Bonchev–Trinajstić information content (AvgIpc) is 2.97. The van der Waals surface area contributed by atoms with E-state index in [0.717, 1.165) is 12.5 Å². The van der Waals surface area contributed by atoms with E-state index >= 15 is 0 Å². The molecule has 1 heterocycles. The van der Waals surface area contributed by atoms with Gasteiger partial charge in [-0.1, -0.05) is 56.7 Å². The van der Waals surface area contributed by atoms with Crippen molar-refractivity contribution in [3.05, 3.63) is 105 Å². The number of hydrogen-bond donors (Lipinski definition) is 2. The van der Waals surface area contributed by atoms with E-state index < -0.39 is 43.9 Å². The first-order valence-electron chi connectivity index (χ1n) is 13.3. The van der Waals surface area contributed by atoms with Crippen molar-refractivity contribution in [3.8, 4) is 23.1 Å². The number of amides is 1. The fraction of sp³-hybridized carbons (Fsp3) is 0.226. The molecule has 1 aromatic heterocycles. The molecule has 0 bridgehead atoms. The van der Waals surface area contributed by atoms with Gasteiger partial charge in [-0.3, -0.25) is 14.2 Å². The third-order valence-corrected chi connectivity index (χ3v) is 8.77. The maximum absolute atomic E-state index is 14.3. The maximum atomic E-state index is 14.3. The Morgan fingerprint density at radius 1 is 1.12 bits per heavy atom. The van der Waals surface area contributed by atoms with Crippen molar-refractivity contribution < 1.29 is 22.7 Å². The van der Waals surface area contributed by atoms with Gasteiger partial charge in [-0.05, 0) is 59.9 Å². The summed E-state index contributed by atoms with van der Waals surface area (Å²) >= 11 is 0. The number of aromatic nitrogens is 2. The first-order valence-corrected chi connectivity index (χ1v) is 14.8. The van der Waals surface area contributed by atoms with Gasteiger partial charge in [0.2, 0.25) is 15.7 Å². The standard InChI is InChI=1S/C31H29FN4O5S/c1-3-5-12-26-35-30(38)28(31(39)36(26)25(4-2)21-9-6-8-19(17-21)18-33)42(40,41)22-15-13-20(14-16-22)23-10-7-11-24(32)27(23)29(34)37/h6-11,13-17,25,38H,3-5,12H2,1-2H3,(H2,34,37). The van der Waals surface area contributed by atoms with Crippen molar-refractivity contribution >= 4 is 15.7 Å². The van der Waals surface area contributed by atoms with E-state index in [0.29, 0.717) is 36.0 Å². The molecule has 1 unspecified atom stereocenters. The molecular weight excluding hydrogens is 559 g/mol. The zero-order chi connectivity index (χ0) is 30.6. The van der Waals surface area contributed by atoms with Gasteiger partial charge in [0.05, 0.1) is 28.1 Å². The first kappa shape index (κ1) is 30.1. The highest BCUT2D eigenvalue weighted by molar-refractivity contribution is 7.91. The number of nitriles is 1. The molecule has 0 radical (unpaired) electrons.